The maximum absolute atomic E-state index is 10.6. The number of ether oxygens (including phenoxy) is 1. The Morgan fingerprint density at radius 3 is 2.45 bits per heavy atom. The highest BCUT2D eigenvalue weighted by molar-refractivity contribution is 5.97. The van der Waals surface area contributed by atoms with Gasteiger partial charge in [0.15, 0.2) is 5.78 Å². The lowest BCUT2D eigenvalue weighted by Gasteiger charge is -1.97. The van der Waals surface area contributed by atoms with Gasteiger partial charge in [-0.1, -0.05) is 13.2 Å². The zero-order valence-corrected chi connectivity index (χ0v) is 6.76. The molecule has 0 bridgehead atoms. The summed E-state index contributed by atoms with van der Waals surface area (Å²) in [5, 5.41) is 0. The third kappa shape index (κ3) is 3.35. The van der Waals surface area contributed by atoms with Gasteiger partial charge in [-0.3, -0.25) is 4.79 Å². The van der Waals surface area contributed by atoms with E-state index in [9.17, 15) is 4.79 Å². The molecule has 3 heteroatoms. The van der Waals surface area contributed by atoms with Crippen LogP contribution in [-0.4, -0.2) is 18.8 Å². The minimum atomic E-state index is -0.179. The van der Waals surface area contributed by atoms with E-state index < -0.39 is 0 Å². The molecular weight excluding hydrogens is 142 g/mol. The fourth-order valence-electron chi connectivity index (χ4n) is 0.386. The number of Topliss-reactive ketones (excluding diaryl/α,β-unsaturated/α-hetero) is 1. The van der Waals surface area contributed by atoms with Crippen LogP contribution in [0.5, 0.6) is 0 Å². The minimum Gasteiger partial charge on any atom is -0.481 e. The first-order valence-electron chi connectivity index (χ1n) is 3.06. The number of aliphatic imine (C=N–C) groups is 1. The van der Waals surface area contributed by atoms with Crippen molar-refractivity contribution in [1.29, 1.82) is 0 Å². The number of hydrogen-bond donors (Lipinski definition) is 0. The molecule has 60 valence electrons. The van der Waals surface area contributed by atoms with Gasteiger partial charge in [0.2, 0.25) is 5.90 Å². The van der Waals surface area contributed by atoms with E-state index in [1.165, 1.54) is 20.1 Å². The molecule has 0 aromatic rings. The van der Waals surface area contributed by atoms with Crippen molar-refractivity contribution in [3.8, 4) is 0 Å². The molecule has 0 fully saturated rings. The maximum atomic E-state index is 10.6. The molecule has 0 aromatic heterocycles. The van der Waals surface area contributed by atoms with E-state index in [0.29, 0.717) is 5.90 Å². The molecule has 0 unspecified atom stereocenters. The number of nitrogens with zero attached hydrogens (tertiary/aromatic N) is 1. The fraction of sp³-hybridized carbons (Fsp3) is 0.250. The molecule has 0 aliphatic heterocycles. The first-order valence-corrected chi connectivity index (χ1v) is 3.06. The number of methoxy groups -OCH3 is 1. The molecule has 0 aromatic carbocycles. The Morgan fingerprint density at radius 1 is 1.64 bits per heavy atom. The summed E-state index contributed by atoms with van der Waals surface area (Å²) in [5.74, 6) is 0.117. The normalized spacial score (nSPS) is 10.5. The zero-order valence-electron chi connectivity index (χ0n) is 6.76. The maximum Gasteiger partial charge on any atom is 0.212 e. The van der Waals surface area contributed by atoms with Gasteiger partial charge in [0, 0.05) is 6.92 Å². The van der Waals surface area contributed by atoms with Crippen LogP contribution in [0.4, 0.5) is 0 Å². The summed E-state index contributed by atoms with van der Waals surface area (Å²) in [6, 6.07) is 0. The number of allylic oxidation sites excluding steroid dienone is 1. The average molecular weight is 153 g/mol. The lowest BCUT2D eigenvalue weighted by molar-refractivity contribution is -0.113. The van der Waals surface area contributed by atoms with E-state index in [2.05, 4.69) is 18.2 Å². The highest BCUT2D eigenvalue weighted by Crippen LogP contribution is 1.95. The Bertz CT molecular complexity index is 216. The van der Waals surface area contributed by atoms with Crippen molar-refractivity contribution in [3.63, 3.8) is 0 Å². The molecule has 0 spiro atoms. The second-order valence-corrected chi connectivity index (χ2v) is 1.86. The van der Waals surface area contributed by atoms with Crippen molar-refractivity contribution in [2.45, 2.75) is 6.92 Å². The van der Waals surface area contributed by atoms with Gasteiger partial charge in [0.25, 0.3) is 0 Å². The van der Waals surface area contributed by atoms with E-state index in [0.717, 1.165) is 0 Å². The van der Waals surface area contributed by atoms with Gasteiger partial charge in [0.05, 0.1) is 7.11 Å². The molecule has 0 heterocycles. The van der Waals surface area contributed by atoms with Crippen LogP contribution in [0.15, 0.2) is 29.9 Å². The topological polar surface area (TPSA) is 38.7 Å². The third-order valence-corrected chi connectivity index (χ3v) is 1.04. The standard InChI is InChI=1S/C8H11NO2/c1-5-8(11-4)9-6(2)7(3)10/h5H,1-2H2,3-4H3. The van der Waals surface area contributed by atoms with Crippen molar-refractivity contribution >= 4 is 11.7 Å². The van der Waals surface area contributed by atoms with Crippen molar-refractivity contribution in [2.75, 3.05) is 7.11 Å². The van der Waals surface area contributed by atoms with Crippen molar-refractivity contribution < 1.29 is 9.53 Å². The highest BCUT2D eigenvalue weighted by Gasteiger charge is 1.98. The number of hydrogen-bond acceptors (Lipinski definition) is 3. The van der Waals surface area contributed by atoms with Crippen LogP contribution in [0.2, 0.25) is 0 Å². The van der Waals surface area contributed by atoms with Gasteiger partial charge in [-0.05, 0) is 6.08 Å². The van der Waals surface area contributed by atoms with Crippen molar-refractivity contribution in [2.24, 2.45) is 4.99 Å². The fourth-order valence-corrected chi connectivity index (χ4v) is 0.386. The van der Waals surface area contributed by atoms with Gasteiger partial charge in [0.1, 0.15) is 5.70 Å². The van der Waals surface area contributed by atoms with E-state index in [1.807, 2.05) is 0 Å². The summed E-state index contributed by atoms with van der Waals surface area (Å²) in [6.07, 6.45) is 1.41. The van der Waals surface area contributed by atoms with Crippen molar-refractivity contribution in [1.82, 2.24) is 0 Å². The molecule has 0 saturated heterocycles. The van der Waals surface area contributed by atoms with Gasteiger partial charge >= 0.3 is 0 Å². The quantitative estimate of drug-likeness (QED) is 0.348. The lowest BCUT2D eigenvalue weighted by atomic mass is 10.3. The Hall–Kier alpha value is -1.38. The first kappa shape index (κ1) is 9.62. The minimum absolute atomic E-state index is 0.168. The van der Waals surface area contributed by atoms with Gasteiger partial charge in [-0.25, -0.2) is 4.99 Å². The second kappa shape index (κ2) is 4.44. The largest absolute Gasteiger partial charge is 0.481 e. The van der Waals surface area contributed by atoms with E-state index in [4.69, 9.17) is 4.74 Å². The Kier molecular flexibility index (Phi) is 3.88. The third-order valence-electron chi connectivity index (χ3n) is 1.04. The zero-order chi connectivity index (χ0) is 8.85. The monoisotopic (exact) mass is 153 g/mol. The number of carbonyl (C=O) groups excluding carboxylic acids is 1. The smallest absolute Gasteiger partial charge is 0.212 e. The lowest BCUT2D eigenvalue weighted by Crippen LogP contribution is -2.00. The summed E-state index contributed by atoms with van der Waals surface area (Å²) in [5.41, 5.74) is 0.168. The number of carbonyl (C=O) groups is 1. The number of ketones is 1. The molecule has 0 radical (unpaired) electrons. The summed E-state index contributed by atoms with van der Waals surface area (Å²) >= 11 is 0. The molecule has 0 amide bonds. The summed E-state index contributed by atoms with van der Waals surface area (Å²) in [6.45, 7) is 8.25. The predicted octanol–water partition coefficient (Wildman–Crippen LogP) is 1.32. The first-order chi connectivity index (χ1) is 5.11. The van der Waals surface area contributed by atoms with E-state index in [1.54, 1.807) is 0 Å². The van der Waals surface area contributed by atoms with E-state index in [-0.39, 0.29) is 11.5 Å². The van der Waals surface area contributed by atoms with Crippen LogP contribution in [0.3, 0.4) is 0 Å². The Labute approximate surface area is 66.1 Å². The Balaban J connectivity index is 4.39. The van der Waals surface area contributed by atoms with Crippen LogP contribution in [0.25, 0.3) is 0 Å². The molecule has 0 N–H and O–H groups in total. The molecule has 11 heavy (non-hydrogen) atoms. The van der Waals surface area contributed by atoms with Crippen LogP contribution in [0, 0.1) is 0 Å². The molecule has 0 aliphatic rings. The van der Waals surface area contributed by atoms with Crippen LogP contribution in [0.1, 0.15) is 6.92 Å². The van der Waals surface area contributed by atoms with Crippen molar-refractivity contribution in [3.05, 3.63) is 24.9 Å². The SMILES string of the molecule is C=CC(=NC(=C)C(C)=O)OC. The van der Waals surface area contributed by atoms with Gasteiger partial charge in [-0.2, -0.15) is 0 Å². The molecule has 0 atom stereocenters. The van der Waals surface area contributed by atoms with Crippen LogP contribution < -0.4 is 0 Å². The summed E-state index contributed by atoms with van der Waals surface area (Å²) in [4.78, 5) is 14.4. The number of rotatable bonds is 3. The Morgan fingerprint density at radius 2 is 2.18 bits per heavy atom. The highest BCUT2D eigenvalue weighted by atomic mass is 16.5. The summed E-state index contributed by atoms with van der Waals surface area (Å²) < 4.78 is 4.74. The molecule has 0 aliphatic carbocycles. The molecule has 3 nitrogen and oxygen atoms in total. The van der Waals surface area contributed by atoms with Gasteiger partial charge in [-0.15, -0.1) is 0 Å². The van der Waals surface area contributed by atoms with Gasteiger partial charge < -0.3 is 4.74 Å². The molecule has 0 rings (SSSR count). The van der Waals surface area contributed by atoms with Crippen LogP contribution in [-0.2, 0) is 9.53 Å². The van der Waals surface area contributed by atoms with Crippen LogP contribution >= 0.6 is 0 Å². The average Bonchev–Trinajstić information content (AvgIpc) is 1.99. The molecule has 0 saturated carbocycles. The second-order valence-electron chi connectivity index (χ2n) is 1.86. The summed E-state index contributed by atoms with van der Waals surface area (Å²) in [7, 11) is 1.45. The molecular formula is C8H11NO2. The predicted molar refractivity (Wildman–Crippen MR) is 44.5 cm³/mol. The van der Waals surface area contributed by atoms with E-state index >= 15 is 0 Å².